The number of rotatable bonds is 8. The molecule has 0 aliphatic carbocycles. The Kier molecular flexibility index (Phi) is 7.32. The van der Waals surface area contributed by atoms with Crippen LogP contribution < -0.4 is 10.1 Å². The number of aliphatic hydroxyl groups is 1. The van der Waals surface area contributed by atoms with Gasteiger partial charge in [0.05, 0.1) is 20.3 Å². The number of methoxy groups -OCH3 is 1. The van der Waals surface area contributed by atoms with Crippen LogP contribution in [0, 0.1) is 0 Å². The fraction of sp³-hybridized carbons (Fsp3) is 0.588. The minimum atomic E-state index is 0.0727. The molecule has 1 aromatic carbocycles. The van der Waals surface area contributed by atoms with Crippen LogP contribution in [0.3, 0.4) is 0 Å². The van der Waals surface area contributed by atoms with Crippen molar-refractivity contribution in [2.24, 2.45) is 0 Å². The maximum Gasteiger partial charge on any atom is 0.234 e. The summed E-state index contributed by atoms with van der Waals surface area (Å²) in [6.45, 7) is 5.59. The fourth-order valence-corrected chi connectivity index (χ4v) is 2.75. The van der Waals surface area contributed by atoms with E-state index in [2.05, 4.69) is 15.1 Å². The van der Waals surface area contributed by atoms with Crippen LogP contribution >= 0.6 is 0 Å². The van der Waals surface area contributed by atoms with Crippen LogP contribution in [0.5, 0.6) is 5.75 Å². The van der Waals surface area contributed by atoms with Crippen molar-refractivity contribution in [3.8, 4) is 5.75 Å². The van der Waals surface area contributed by atoms with Gasteiger partial charge >= 0.3 is 0 Å². The van der Waals surface area contributed by atoms with Crippen molar-refractivity contribution in [1.29, 1.82) is 0 Å². The molecule has 1 aromatic rings. The van der Waals surface area contributed by atoms with Gasteiger partial charge in [-0.2, -0.15) is 0 Å². The van der Waals surface area contributed by atoms with E-state index in [-0.39, 0.29) is 12.5 Å². The molecule has 1 fully saturated rings. The summed E-state index contributed by atoms with van der Waals surface area (Å²) in [6.07, 6.45) is 0.799. The van der Waals surface area contributed by atoms with E-state index in [1.807, 2.05) is 24.3 Å². The van der Waals surface area contributed by atoms with Gasteiger partial charge in [0.2, 0.25) is 5.91 Å². The van der Waals surface area contributed by atoms with Gasteiger partial charge in [-0.1, -0.05) is 12.1 Å². The summed E-state index contributed by atoms with van der Waals surface area (Å²) >= 11 is 0. The van der Waals surface area contributed by atoms with Crippen molar-refractivity contribution >= 4 is 5.91 Å². The second-order valence-corrected chi connectivity index (χ2v) is 5.79. The van der Waals surface area contributed by atoms with Gasteiger partial charge in [-0.3, -0.25) is 14.6 Å². The summed E-state index contributed by atoms with van der Waals surface area (Å²) in [5.41, 5.74) is 1.15. The minimum Gasteiger partial charge on any atom is -0.497 e. The summed E-state index contributed by atoms with van der Waals surface area (Å²) < 4.78 is 5.20. The molecular formula is C17H27N3O3. The molecule has 1 amide bonds. The highest BCUT2D eigenvalue weighted by Gasteiger charge is 2.18. The molecule has 128 valence electrons. The minimum absolute atomic E-state index is 0.0727. The van der Waals surface area contributed by atoms with Gasteiger partial charge in [-0.05, 0) is 24.1 Å². The molecule has 23 heavy (non-hydrogen) atoms. The zero-order chi connectivity index (χ0) is 16.5. The lowest BCUT2D eigenvalue weighted by molar-refractivity contribution is -0.122. The second kappa shape index (κ2) is 9.50. The number of hydrogen-bond acceptors (Lipinski definition) is 5. The molecule has 2 rings (SSSR count). The molecule has 0 atom stereocenters. The average molecular weight is 321 g/mol. The Labute approximate surface area is 138 Å². The Bertz CT molecular complexity index is 488. The summed E-state index contributed by atoms with van der Waals surface area (Å²) in [5, 5.41) is 11.9. The van der Waals surface area contributed by atoms with E-state index in [9.17, 15) is 4.79 Å². The van der Waals surface area contributed by atoms with Crippen molar-refractivity contribution in [1.82, 2.24) is 15.1 Å². The highest BCUT2D eigenvalue weighted by atomic mass is 16.5. The van der Waals surface area contributed by atoms with Crippen molar-refractivity contribution < 1.29 is 14.6 Å². The first kappa shape index (κ1) is 17.7. The van der Waals surface area contributed by atoms with Crippen LogP contribution in [0.1, 0.15) is 5.56 Å². The van der Waals surface area contributed by atoms with E-state index in [0.29, 0.717) is 13.1 Å². The smallest absolute Gasteiger partial charge is 0.234 e. The third-order valence-corrected chi connectivity index (χ3v) is 4.12. The third-order valence-electron chi connectivity index (χ3n) is 4.12. The van der Waals surface area contributed by atoms with Gasteiger partial charge in [-0.25, -0.2) is 0 Å². The van der Waals surface area contributed by atoms with E-state index >= 15 is 0 Å². The van der Waals surface area contributed by atoms with Gasteiger partial charge in [0.15, 0.2) is 0 Å². The lowest BCUT2D eigenvalue weighted by atomic mass is 10.1. The Hall–Kier alpha value is -1.63. The SMILES string of the molecule is COc1cccc(CCNC(=O)CN2CCN(CCO)CC2)c1. The number of β-amino-alcohol motifs (C(OH)–C–C–N with tert-alkyl or cyclic N) is 1. The lowest BCUT2D eigenvalue weighted by Gasteiger charge is -2.33. The third kappa shape index (κ3) is 6.17. The quantitative estimate of drug-likeness (QED) is 0.704. The zero-order valence-electron chi connectivity index (χ0n) is 13.8. The standard InChI is InChI=1S/C17H27N3O3/c1-23-16-4-2-3-15(13-16)5-6-18-17(22)14-20-9-7-19(8-10-20)11-12-21/h2-4,13,21H,5-12,14H2,1H3,(H,18,22). The summed E-state index contributed by atoms with van der Waals surface area (Å²) in [7, 11) is 1.65. The Balaban J connectivity index is 1.63. The largest absolute Gasteiger partial charge is 0.497 e. The highest BCUT2D eigenvalue weighted by molar-refractivity contribution is 5.78. The first-order valence-corrected chi connectivity index (χ1v) is 8.16. The van der Waals surface area contributed by atoms with Crippen molar-refractivity contribution in [2.75, 3.05) is 59.5 Å². The topological polar surface area (TPSA) is 65.0 Å². The van der Waals surface area contributed by atoms with Gasteiger partial charge in [-0.15, -0.1) is 0 Å². The number of aliphatic hydroxyl groups excluding tert-OH is 1. The number of nitrogens with one attached hydrogen (secondary N) is 1. The average Bonchev–Trinajstić information content (AvgIpc) is 2.57. The number of nitrogens with zero attached hydrogens (tertiary/aromatic N) is 2. The molecule has 1 aliphatic heterocycles. The summed E-state index contributed by atoms with van der Waals surface area (Å²) in [5.74, 6) is 0.915. The number of carbonyl (C=O) groups is 1. The lowest BCUT2D eigenvalue weighted by Crippen LogP contribution is -2.50. The molecule has 0 radical (unpaired) electrons. The first-order chi connectivity index (χ1) is 11.2. The molecule has 0 unspecified atom stereocenters. The van der Waals surface area contributed by atoms with Gasteiger partial charge < -0.3 is 15.2 Å². The van der Waals surface area contributed by atoms with Crippen LogP contribution in [0.2, 0.25) is 0 Å². The maximum atomic E-state index is 12.0. The van der Waals surface area contributed by atoms with Crippen molar-refractivity contribution in [3.05, 3.63) is 29.8 Å². The number of amides is 1. The van der Waals surface area contributed by atoms with E-state index in [1.165, 1.54) is 0 Å². The monoisotopic (exact) mass is 321 g/mol. The van der Waals surface area contributed by atoms with E-state index in [4.69, 9.17) is 9.84 Å². The molecule has 1 saturated heterocycles. The molecular weight excluding hydrogens is 294 g/mol. The molecule has 6 heteroatoms. The van der Waals surface area contributed by atoms with Gasteiger partial charge in [0.1, 0.15) is 5.75 Å². The maximum absolute atomic E-state index is 12.0. The molecule has 0 bridgehead atoms. The Morgan fingerprint density at radius 2 is 2.00 bits per heavy atom. The van der Waals surface area contributed by atoms with Crippen LogP contribution in [-0.4, -0.2) is 80.3 Å². The van der Waals surface area contributed by atoms with Crippen LogP contribution in [0.15, 0.2) is 24.3 Å². The predicted octanol–water partition coefficient (Wildman–Crippen LogP) is -0.0362. The number of piperazine rings is 1. The molecule has 6 nitrogen and oxygen atoms in total. The van der Waals surface area contributed by atoms with Crippen LogP contribution in [0.4, 0.5) is 0 Å². The van der Waals surface area contributed by atoms with Crippen LogP contribution in [-0.2, 0) is 11.2 Å². The molecule has 1 heterocycles. The summed E-state index contributed by atoms with van der Waals surface area (Å²) in [4.78, 5) is 16.4. The number of carbonyl (C=O) groups excluding carboxylic acids is 1. The van der Waals surface area contributed by atoms with E-state index in [0.717, 1.165) is 50.5 Å². The molecule has 1 aliphatic rings. The fourth-order valence-electron chi connectivity index (χ4n) is 2.75. The van der Waals surface area contributed by atoms with E-state index < -0.39 is 0 Å². The number of hydrogen-bond donors (Lipinski definition) is 2. The molecule has 0 saturated carbocycles. The van der Waals surface area contributed by atoms with E-state index in [1.54, 1.807) is 7.11 Å². The predicted molar refractivity (Wildman–Crippen MR) is 89.7 cm³/mol. The van der Waals surface area contributed by atoms with Gasteiger partial charge in [0.25, 0.3) is 0 Å². The second-order valence-electron chi connectivity index (χ2n) is 5.79. The number of benzene rings is 1. The summed E-state index contributed by atoms with van der Waals surface area (Å²) in [6, 6.07) is 7.90. The number of ether oxygens (including phenoxy) is 1. The first-order valence-electron chi connectivity index (χ1n) is 8.16. The molecule has 2 N–H and O–H groups in total. The zero-order valence-corrected chi connectivity index (χ0v) is 13.8. The van der Waals surface area contributed by atoms with Gasteiger partial charge in [0, 0.05) is 39.3 Å². The Morgan fingerprint density at radius 3 is 2.70 bits per heavy atom. The normalized spacial score (nSPS) is 16.3. The Morgan fingerprint density at radius 1 is 1.26 bits per heavy atom. The highest BCUT2D eigenvalue weighted by Crippen LogP contribution is 2.12. The van der Waals surface area contributed by atoms with Crippen molar-refractivity contribution in [2.45, 2.75) is 6.42 Å². The van der Waals surface area contributed by atoms with Crippen molar-refractivity contribution in [3.63, 3.8) is 0 Å². The molecule has 0 aromatic heterocycles. The molecule has 0 spiro atoms. The van der Waals surface area contributed by atoms with Crippen LogP contribution in [0.25, 0.3) is 0 Å².